The number of nitrogens with one attached hydrogen (secondary N) is 1. The average molecular weight is 215 g/mol. The molecule has 0 aromatic carbocycles. The zero-order valence-electron chi connectivity index (χ0n) is 9.75. The summed E-state index contributed by atoms with van der Waals surface area (Å²) >= 11 is 0. The first kappa shape index (κ1) is 14.1. The van der Waals surface area contributed by atoms with E-state index in [0.29, 0.717) is 25.1 Å². The molecule has 0 bridgehead atoms. The molecule has 0 aromatic heterocycles. The van der Waals surface area contributed by atoms with Crippen molar-refractivity contribution in [3.63, 3.8) is 0 Å². The first-order valence-electron chi connectivity index (χ1n) is 5.36. The number of hydrogen-bond acceptors (Lipinski definition) is 3. The van der Waals surface area contributed by atoms with E-state index in [1.165, 1.54) is 0 Å². The van der Waals surface area contributed by atoms with Crippen molar-refractivity contribution in [2.45, 2.75) is 33.3 Å². The Kier molecular flexibility index (Phi) is 7.95. The van der Waals surface area contributed by atoms with Gasteiger partial charge in [-0.15, -0.1) is 0 Å². The predicted octanol–water partition coefficient (Wildman–Crippen LogP) is 1.42. The van der Waals surface area contributed by atoms with E-state index in [1.807, 2.05) is 20.8 Å². The highest BCUT2D eigenvalue weighted by atomic mass is 16.5. The van der Waals surface area contributed by atoms with Crippen LogP contribution in [0.25, 0.3) is 0 Å². The third-order valence-electron chi connectivity index (χ3n) is 2.03. The smallest absolute Gasteiger partial charge is 0.331 e. The van der Waals surface area contributed by atoms with E-state index >= 15 is 0 Å². The Labute approximate surface area is 91.3 Å². The molecule has 0 aliphatic carbocycles. The molecule has 0 aliphatic heterocycles. The van der Waals surface area contributed by atoms with Crippen molar-refractivity contribution in [1.29, 1.82) is 0 Å². The molecular formula is C11H21NO3. The number of carbonyl (C=O) groups is 1. The van der Waals surface area contributed by atoms with Crippen molar-refractivity contribution in [2.24, 2.45) is 0 Å². The minimum absolute atomic E-state index is 0.165. The maximum atomic E-state index is 10.6. The monoisotopic (exact) mass is 215 g/mol. The molecule has 15 heavy (non-hydrogen) atoms. The van der Waals surface area contributed by atoms with Crippen LogP contribution in [0.3, 0.4) is 0 Å². The molecule has 1 unspecified atom stereocenters. The van der Waals surface area contributed by atoms with E-state index in [9.17, 15) is 4.79 Å². The third kappa shape index (κ3) is 7.11. The lowest BCUT2D eigenvalue weighted by atomic mass is 10.2. The number of carboxylic acid groups (broad SMARTS) is 1. The summed E-state index contributed by atoms with van der Waals surface area (Å²) in [5.41, 5.74) is 0.451. The van der Waals surface area contributed by atoms with E-state index in [1.54, 1.807) is 6.08 Å². The molecular weight excluding hydrogens is 194 g/mol. The van der Waals surface area contributed by atoms with E-state index in [-0.39, 0.29) is 6.10 Å². The third-order valence-corrected chi connectivity index (χ3v) is 2.03. The molecule has 88 valence electrons. The van der Waals surface area contributed by atoms with Crippen LogP contribution in [-0.4, -0.2) is 36.9 Å². The molecule has 0 heterocycles. The van der Waals surface area contributed by atoms with Crippen LogP contribution in [0.2, 0.25) is 0 Å². The summed E-state index contributed by atoms with van der Waals surface area (Å²) in [7, 11) is 0. The fraction of sp³-hybridized carbons (Fsp3) is 0.727. The number of aliphatic carboxylic acids is 1. The van der Waals surface area contributed by atoms with Gasteiger partial charge in [-0.25, -0.2) is 4.79 Å². The highest BCUT2D eigenvalue weighted by Gasteiger charge is 2.03. The number of carboxylic acids is 1. The zero-order valence-corrected chi connectivity index (χ0v) is 9.75. The van der Waals surface area contributed by atoms with Gasteiger partial charge in [0.05, 0.1) is 6.10 Å². The van der Waals surface area contributed by atoms with Gasteiger partial charge in [-0.05, 0) is 20.3 Å². The maximum Gasteiger partial charge on any atom is 0.331 e. The van der Waals surface area contributed by atoms with Crippen LogP contribution in [-0.2, 0) is 9.53 Å². The molecule has 0 fully saturated rings. The van der Waals surface area contributed by atoms with Crippen molar-refractivity contribution in [2.75, 3.05) is 19.7 Å². The standard InChI is InChI=1S/C11H21NO3/c1-4-10(11(13)14)6-7-12-8-9(3)15-5-2/h6,9,12H,4-5,7-8H2,1-3H3,(H,13,14)/b10-6-. The van der Waals surface area contributed by atoms with Crippen molar-refractivity contribution < 1.29 is 14.6 Å². The van der Waals surface area contributed by atoms with Crippen LogP contribution in [0, 0.1) is 0 Å². The second-order valence-corrected chi connectivity index (χ2v) is 3.31. The predicted molar refractivity (Wildman–Crippen MR) is 60.0 cm³/mol. The second-order valence-electron chi connectivity index (χ2n) is 3.31. The van der Waals surface area contributed by atoms with Crippen LogP contribution >= 0.6 is 0 Å². The Hall–Kier alpha value is -0.870. The fourth-order valence-corrected chi connectivity index (χ4v) is 1.21. The summed E-state index contributed by atoms with van der Waals surface area (Å²) in [4.78, 5) is 10.6. The van der Waals surface area contributed by atoms with Crippen molar-refractivity contribution in [3.8, 4) is 0 Å². The molecule has 4 heteroatoms. The maximum absolute atomic E-state index is 10.6. The average Bonchev–Trinajstić information content (AvgIpc) is 2.17. The molecule has 0 saturated heterocycles. The van der Waals surface area contributed by atoms with E-state index in [0.717, 1.165) is 6.54 Å². The molecule has 4 nitrogen and oxygen atoms in total. The van der Waals surface area contributed by atoms with Gasteiger partial charge < -0.3 is 15.2 Å². The largest absolute Gasteiger partial charge is 0.478 e. The first-order valence-corrected chi connectivity index (χ1v) is 5.36. The Balaban J connectivity index is 3.72. The van der Waals surface area contributed by atoms with Crippen molar-refractivity contribution >= 4 is 5.97 Å². The van der Waals surface area contributed by atoms with Gasteiger partial charge in [0, 0.05) is 25.3 Å². The van der Waals surface area contributed by atoms with E-state index in [2.05, 4.69) is 5.32 Å². The first-order chi connectivity index (χ1) is 7.11. The Bertz CT molecular complexity index is 214. The summed E-state index contributed by atoms with van der Waals surface area (Å²) in [6.45, 7) is 7.79. The van der Waals surface area contributed by atoms with Crippen LogP contribution < -0.4 is 5.32 Å². The Morgan fingerprint density at radius 3 is 2.67 bits per heavy atom. The van der Waals surface area contributed by atoms with Gasteiger partial charge in [0.1, 0.15) is 0 Å². The van der Waals surface area contributed by atoms with Crippen LogP contribution in [0.5, 0.6) is 0 Å². The quantitative estimate of drug-likeness (QED) is 0.475. The van der Waals surface area contributed by atoms with Crippen molar-refractivity contribution in [1.82, 2.24) is 5.32 Å². The second kappa shape index (κ2) is 8.44. The molecule has 0 spiro atoms. The molecule has 2 N–H and O–H groups in total. The minimum Gasteiger partial charge on any atom is -0.478 e. The number of hydrogen-bond donors (Lipinski definition) is 2. The van der Waals surface area contributed by atoms with Gasteiger partial charge in [0.2, 0.25) is 0 Å². The molecule has 0 aliphatic rings. The van der Waals surface area contributed by atoms with Gasteiger partial charge >= 0.3 is 5.97 Å². The summed E-state index contributed by atoms with van der Waals surface area (Å²) < 4.78 is 5.32. The molecule has 0 amide bonds. The summed E-state index contributed by atoms with van der Waals surface area (Å²) in [6, 6.07) is 0. The molecule has 0 aromatic rings. The highest BCUT2D eigenvalue weighted by molar-refractivity contribution is 5.86. The SMILES string of the molecule is CCOC(C)CNC/C=C(/CC)C(=O)O. The van der Waals surface area contributed by atoms with Crippen LogP contribution in [0.15, 0.2) is 11.6 Å². The minimum atomic E-state index is -0.836. The van der Waals surface area contributed by atoms with Gasteiger partial charge in [0.15, 0.2) is 0 Å². The zero-order chi connectivity index (χ0) is 11.7. The summed E-state index contributed by atoms with van der Waals surface area (Å²) in [5, 5.41) is 11.9. The van der Waals surface area contributed by atoms with Gasteiger partial charge in [0.25, 0.3) is 0 Å². The molecule has 0 radical (unpaired) electrons. The lowest BCUT2D eigenvalue weighted by Gasteiger charge is -2.11. The Morgan fingerprint density at radius 2 is 2.20 bits per heavy atom. The van der Waals surface area contributed by atoms with Gasteiger partial charge in [-0.1, -0.05) is 13.0 Å². The van der Waals surface area contributed by atoms with Gasteiger partial charge in [-0.3, -0.25) is 0 Å². The topological polar surface area (TPSA) is 58.6 Å². The number of rotatable bonds is 8. The summed E-state index contributed by atoms with van der Waals surface area (Å²) in [5.74, 6) is -0.836. The van der Waals surface area contributed by atoms with Crippen LogP contribution in [0.4, 0.5) is 0 Å². The number of ether oxygens (including phenoxy) is 1. The normalized spacial score (nSPS) is 13.9. The van der Waals surface area contributed by atoms with Gasteiger partial charge in [-0.2, -0.15) is 0 Å². The molecule has 0 saturated carbocycles. The Morgan fingerprint density at radius 1 is 1.53 bits per heavy atom. The fourth-order valence-electron chi connectivity index (χ4n) is 1.21. The van der Waals surface area contributed by atoms with E-state index < -0.39 is 5.97 Å². The summed E-state index contributed by atoms with van der Waals surface area (Å²) in [6.07, 6.45) is 2.43. The lowest BCUT2D eigenvalue weighted by Crippen LogP contribution is -2.27. The molecule has 0 rings (SSSR count). The lowest BCUT2D eigenvalue weighted by molar-refractivity contribution is -0.132. The van der Waals surface area contributed by atoms with E-state index in [4.69, 9.17) is 9.84 Å². The van der Waals surface area contributed by atoms with Crippen LogP contribution in [0.1, 0.15) is 27.2 Å². The highest BCUT2D eigenvalue weighted by Crippen LogP contribution is 1.98. The molecule has 1 atom stereocenters. The van der Waals surface area contributed by atoms with Crippen molar-refractivity contribution in [3.05, 3.63) is 11.6 Å².